The molecule has 0 atom stereocenters. The van der Waals surface area contributed by atoms with Crippen LogP contribution < -0.4 is 9.47 Å². The molecule has 0 aromatic heterocycles. The Bertz CT molecular complexity index is 738. The third kappa shape index (κ3) is 2.90. The van der Waals surface area contributed by atoms with Gasteiger partial charge in [-0.2, -0.15) is 0 Å². The van der Waals surface area contributed by atoms with Crippen molar-refractivity contribution in [2.45, 2.75) is 6.92 Å². The molecule has 0 aliphatic carbocycles. The van der Waals surface area contributed by atoms with Crippen molar-refractivity contribution in [3.8, 4) is 11.5 Å². The van der Waals surface area contributed by atoms with Gasteiger partial charge in [0.2, 0.25) is 0 Å². The number of halogens is 1. The fourth-order valence-corrected chi connectivity index (χ4v) is 2.56. The number of aldehydes is 1. The first-order valence-corrected chi connectivity index (χ1v) is 7.33. The first kappa shape index (κ1) is 16.2. The third-order valence-electron chi connectivity index (χ3n) is 3.43. The van der Waals surface area contributed by atoms with Crippen LogP contribution in [0.1, 0.15) is 31.8 Å². The molecular weight excluding hydrogens is 348 g/mol. The van der Waals surface area contributed by atoms with E-state index in [0.29, 0.717) is 34.5 Å². The molecule has 0 unspecified atom stereocenters. The maximum absolute atomic E-state index is 12.8. The maximum Gasteiger partial charge on any atom is 0.194 e. The molecule has 5 heteroatoms. The second-order valence-electron chi connectivity index (χ2n) is 4.65. The van der Waals surface area contributed by atoms with E-state index in [1.807, 2.05) is 0 Å². The number of carbonyl (C=O) groups is 2. The highest BCUT2D eigenvalue weighted by Gasteiger charge is 2.19. The van der Waals surface area contributed by atoms with Crippen LogP contribution in [0.4, 0.5) is 0 Å². The summed E-state index contributed by atoms with van der Waals surface area (Å²) in [7, 11) is 3.04. The highest BCUT2D eigenvalue weighted by Crippen LogP contribution is 2.30. The molecule has 4 nitrogen and oxygen atoms in total. The Morgan fingerprint density at radius 1 is 1.09 bits per heavy atom. The minimum Gasteiger partial charge on any atom is -0.493 e. The van der Waals surface area contributed by atoms with Crippen molar-refractivity contribution in [1.82, 2.24) is 0 Å². The summed E-state index contributed by atoms with van der Waals surface area (Å²) in [5.74, 6) is 0.774. The van der Waals surface area contributed by atoms with Crippen LogP contribution >= 0.6 is 15.9 Å². The molecule has 0 spiro atoms. The zero-order valence-corrected chi connectivity index (χ0v) is 14.1. The Morgan fingerprint density at radius 2 is 1.77 bits per heavy atom. The van der Waals surface area contributed by atoms with Gasteiger partial charge in [0.15, 0.2) is 23.6 Å². The number of ether oxygens (including phenoxy) is 2. The molecule has 0 amide bonds. The summed E-state index contributed by atoms with van der Waals surface area (Å²) in [6.45, 7) is 1.80. The summed E-state index contributed by atoms with van der Waals surface area (Å²) >= 11 is 3.39. The highest BCUT2D eigenvalue weighted by atomic mass is 79.9. The van der Waals surface area contributed by atoms with E-state index in [0.717, 1.165) is 10.0 Å². The lowest BCUT2D eigenvalue weighted by molar-refractivity contribution is 0.102. The van der Waals surface area contributed by atoms with Gasteiger partial charge in [0, 0.05) is 21.2 Å². The Kier molecular flexibility index (Phi) is 4.98. The van der Waals surface area contributed by atoms with Crippen LogP contribution in [0.2, 0.25) is 0 Å². The molecule has 22 heavy (non-hydrogen) atoms. The zero-order chi connectivity index (χ0) is 16.3. The van der Waals surface area contributed by atoms with Crippen molar-refractivity contribution in [1.29, 1.82) is 0 Å². The number of methoxy groups -OCH3 is 2. The van der Waals surface area contributed by atoms with Crippen molar-refractivity contribution in [3.05, 3.63) is 57.1 Å². The van der Waals surface area contributed by atoms with Gasteiger partial charge in [-0.15, -0.1) is 0 Å². The number of rotatable bonds is 5. The average Bonchev–Trinajstić information content (AvgIpc) is 2.55. The molecule has 0 aliphatic rings. The topological polar surface area (TPSA) is 52.6 Å². The van der Waals surface area contributed by atoms with Crippen LogP contribution in [-0.2, 0) is 0 Å². The Morgan fingerprint density at radius 3 is 2.36 bits per heavy atom. The van der Waals surface area contributed by atoms with E-state index < -0.39 is 0 Å². The number of ketones is 1. The lowest BCUT2D eigenvalue weighted by Gasteiger charge is -2.12. The van der Waals surface area contributed by atoms with Gasteiger partial charge in [-0.25, -0.2) is 0 Å². The molecule has 0 radical (unpaired) electrons. The molecule has 2 aromatic rings. The standard InChI is InChI=1S/C17H15BrO4/c1-10-13(18)6-4-12(9-19)16(10)17(20)11-5-7-14(21-2)15(8-11)22-3/h4-9H,1-3H3. The van der Waals surface area contributed by atoms with Gasteiger partial charge in [0.1, 0.15) is 0 Å². The molecule has 0 bridgehead atoms. The predicted octanol–water partition coefficient (Wildman–Crippen LogP) is 3.82. The fraction of sp³-hybridized carbons (Fsp3) is 0.176. The van der Waals surface area contributed by atoms with Gasteiger partial charge in [0.25, 0.3) is 0 Å². The van der Waals surface area contributed by atoms with Gasteiger partial charge < -0.3 is 9.47 Å². The van der Waals surface area contributed by atoms with Crippen molar-refractivity contribution >= 4 is 28.0 Å². The highest BCUT2D eigenvalue weighted by molar-refractivity contribution is 9.10. The second-order valence-corrected chi connectivity index (χ2v) is 5.51. The Labute approximate surface area is 137 Å². The molecule has 0 saturated carbocycles. The smallest absolute Gasteiger partial charge is 0.194 e. The van der Waals surface area contributed by atoms with Crippen molar-refractivity contribution in [3.63, 3.8) is 0 Å². The van der Waals surface area contributed by atoms with E-state index in [1.165, 1.54) is 14.2 Å². The minimum absolute atomic E-state index is 0.234. The summed E-state index contributed by atoms with van der Waals surface area (Å²) in [6.07, 6.45) is 0.688. The molecule has 0 aliphatic heterocycles. The number of carbonyl (C=O) groups excluding carboxylic acids is 2. The van der Waals surface area contributed by atoms with E-state index in [4.69, 9.17) is 9.47 Å². The quantitative estimate of drug-likeness (QED) is 0.599. The molecule has 2 aromatic carbocycles. The van der Waals surface area contributed by atoms with Gasteiger partial charge in [0.05, 0.1) is 14.2 Å². The molecule has 0 fully saturated rings. The molecular formula is C17H15BrO4. The lowest BCUT2D eigenvalue weighted by Crippen LogP contribution is -2.08. The minimum atomic E-state index is -0.234. The Hall–Kier alpha value is -2.14. The monoisotopic (exact) mass is 362 g/mol. The zero-order valence-electron chi connectivity index (χ0n) is 12.5. The van der Waals surface area contributed by atoms with E-state index in [2.05, 4.69) is 15.9 Å². The number of benzene rings is 2. The fourth-order valence-electron chi connectivity index (χ4n) is 2.23. The normalized spacial score (nSPS) is 10.2. The van der Waals surface area contributed by atoms with Crippen LogP contribution in [0, 0.1) is 6.92 Å². The summed E-state index contributed by atoms with van der Waals surface area (Å²) in [5.41, 5.74) is 1.91. The van der Waals surface area contributed by atoms with E-state index in [-0.39, 0.29) is 5.78 Å². The lowest BCUT2D eigenvalue weighted by atomic mass is 9.94. The van der Waals surface area contributed by atoms with Crippen molar-refractivity contribution in [2.75, 3.05) is 14.2 Å². The van der Waals surface area contributed by atoms with Crippen LogP contribution in [0.5, 0.6) is 11.5 Å². The van der Waals surface area contributed by atoms with Crippen LogP contribution in [-0.4, -0.2) is 26.3 Å². The summed E-state index contributed by atoms with van der Waals surface area (Å²) < 4.78 is 11.2. The SMILES string of the molecule is COc1ccc(C(=O)c2c(C=O)ccc(Br)c2C)cc1OC. The molecule has 0 saturated heterocycles. The summed E-state index contributed by atoms with van der Waals surface area (Å²) in [6, 6.07) is 8.30. The van der Waals surface area contributed by atoms with Gasteiger partial charge in [-0.3, -0.25) is 9.59 Å². The van der Waals surface area contributed by atoms with Crippen molar-refractivity contribution in [2.24, 2.45) is 0 Å². The molecule has 0 N–H and O–H groups in total. The van der Waals surface area contributed by atoms with Gasteiger partial charge in [-0.05, 0) is 42.8 Å². The molecule has 0 heterocycles. The predicted molar refractivity (Wildman–Crippen MR) is 87.2 cm³/mol. The third-order valence-corrected chi connectivity index (χ3v) is 4.29. The van der Waals surface area contributed by atoms with Crippen molar-refractivity contribution < 1.29 is 19.1 Å². The van der Waals surface area contributed by atoms with Gasteiger partial charge >= 0.3 is 0 Å². The van der Waals surface area contributed by atoms with Crippen LogP contribution in [0.15, 0.2) is 34.8 Å². The average molecular weight is 363 g/mol. The van der Waals surface area contributed by atoms with Crippen LogP contribution in [0.3, 0.4) is 0 Å². The summed E-state index contributed by atoms with van der Waals surface area (Å²) in [5, 5.41) is 0. The molecule has 114 valence electrons. The van der Waals surface area contributed by atoms with E-state index in [1.54, 1.807) is 37.3 Å². The second kappa shape index (κ2) is 6.75. The van der Waals surface area contributed by atoms with E-state index in [9.17, 15) is 9.59 Å². The summed E-state index contributed by atoms with van der Waals surface area (Å²) in [4.78, 5) is 24.0. The first-order chi connectivity index (χ1) is 10.5. The Balaban J connectivity index is 2.58. The largest absolute Gasteiger partial charge is 0.493 e. The molecule has 2 rings (SSSR count). The van der Waals surface area contributed by atoms with Crippen LogP contribution in [0.25, 0.3) is 0 Å². The number of hydrogen-bond acceptors (Lipinski definition) is 4. The first-order valence-electron chi connectivity index (χ1n) is 6.54. The number of hydrogen-bond donors (Lipinski definition) is 0. The van der Waals surface area contributed by atoms with E-state index >= 15 is 0 Å². The maximum atomic E-state index is 12.8. The van der Waals surface area contributed by atoms with Gasteiger partial charge in [-0.1, -0.05) is 15.9 Å².